The highest BCUT2D eigenvalue weighted by Crippen LogP contribution is 2.27. The fourth-order valence-corrected chi connectivity index (χ4v) is 2.27. The van der Waals surface area contributed by atoms with E-state index in [1.807, 2.05) is 24.4 Å². The van der Waals surface area contributed by atoms with Crippen molar-refractivity contribution in [3.8, 4) is 10.7 Å². The topological polar surface area (TPSA) is 80.9 Å². The van der Waals surface area contributed by atoms with Crippen LogP contribution in [0.2, 0.25) is 0 Å². The maximum absolute atomic E-state index is 11.3. The Bertz CT molecular complexity index is 537. The molecule has 96 valence electrons. The summed E-state index contributed by atoms with van der Waals surface area (Å²) in [5.41, 5.74) is -0.860. The van der Waals surface area contributed by atoms with Crippen LogP contribution in [0.3, 0.4) is 0 Å². The number of hydrogen-bond acceptors (Lipinski definition) is 5. The van der Waals surface area contributed by atoms with Gasteiger partial charge in [-0.05, 0) is 35.2 Å². The number of rotatable bonds is 5. The Morgan fingerprint density at radius 2 is 2.39 bits per heavy atom. The van der Waals surface area contributed by atoms with Crippen LogP contribution in [0.1, 0.15) is 20.3 Å². The van der Waals surface area contributed by atoms with Crippen molar-refractivity contribution in [2.45, 2.75) is 26.8 Å². The van der Waals surface area contributed by atoms with Crippen molar-refractivity contribution in [3.63, 3.8) is 0 Å². The molecule has 0 saturated heterocycles. The van der Waals surface area contributed by atoms with E-state index in [0.717, 1.165) is 4.88 Å². The highest BCUT2D eigenvalue weighted by Gasteiger charge is 2.33. The molecule has 0 fully saturated rings. The van der Waals surface area contributed by atoms with E-state index in [0.29, 0.717) is 12.2 Å². The highest BCUT2D eigenvalue weighted by atomic mass is 32.1. The van der Waals surface area contributed by atoms with E-state index in [2.05, 4.69) is 15.5 Å². The van der Waals surface area contributed by atoms with Crippen LogP contribution in [0.4, 0.5) is 0 Å². The molecule has 1 atom stereocenters. The minimum atomic E-state index is -0.860. The lowest BCUT2D eigenvalue weighted by atomic mass is 9.88. The zero-order valence-corrected chi connectivity index (χ0v) is 11.0. The van der Waals surface area contributed by atoms with Crippen molar-refractivity contribution < 1.29 is 9.90 Å². The van der Waals surface area contributed by atoms with Gasteiger partial charge in [-0.25, -0.2) is 4.68 Å². The summed E-state index contributed by atoms with van der Waals surface area (Å²) < 4.78 is 1.56. The highest BCUT2D eigenvalue weighted by molar-refractivity contribution is 7.13. The number of nitrogens with zero attached hydrogens (tertiary/aromatic N) is 4. The lowest BCUT2D eigenvalue weighted by molar-refractivity contribution is -0.149. The second kappa shape index (κ2) is 4.85. The second-order valence-electron chi connectivity index (χ2n) is 4.36. The minimum absolute atomic E-state index is 0.263. The van der Waals surface area contributed by atoms with Crippen LogP contribution < -0.4 is 0 Å². The van der Waals surface area contributed by atoms with Gasteiger partial charge in [-0.3, -0.25) is 4.79 Å². The fourth-order valence-electron chi connectivity index (χ4n) is 1.55. The smallest absolute Gasteiger partial charge is 0.311 e. The van der Waals surface area contributed by atoms with Crippen LogP contribution in [-0.2, 0) is 11.3 Å². The first-order valence-electron chi connectivity index (χ1n) is 5.60. The van der Waals surface area contributed by atoms with Crippen LogP contribution >= 0.6 is 11.3 Å². The molecule has 2 rings (SSSR count). The third kappa shape index (κ3) is 2.26. The minimum Gasteiger partial charge on any atom is -0.481 e. The quantitative estimate of drug-likeness (QED) is 0.894. The Balaban J connectivity index is 2.31. The van der Waals surface area contributed by atoms with E-state index >= 15 is 0 Å². The van der Waals surface area contributed by atoms with Crippen molar-refractivity contribution in [2.24, 2.45) is 5.41 Å². The van der Waals surface area contributed by atoms with Gasteiger partial charge < -0.3 is 5.11 Å². The molecule has 0 spiro atoms. The number of thiophene rings is 1. The molecule has 2 aromatic heterocycles. The van der Waals surface area contributed by atoms with Gasteiger partial charge in [0.2, 0.25) is 0 Å². The number of carboxylic acids is 1. The molecule has 0 aliphatic carbocycles. The Morgan fingerprint density at radius 1 is 1.61 bits per heavy atom. The van der Waals surface area contributed by atoms with Crippen molar-refractivity contribution in [1.82, 2.24) is 20.2 Å². The average molecular weight is 266 g/mol. The first-order chi connectivity index (χ1) is 8.57. The summed E-state index contributed by atoms with van der Waals surface area (Å²) in [6, 6.07) is 3.83. The summed E-state index contributed by atoms with van der Waals surface area (Å²) in [6.45, 7) is 3.82. The SMILES string of the molecule is CCC(C)(Cn1nnnc1-c1cccs1)C(=O)O. The van der Waals surface area contributed by atoms with Crippen molar-refractivity contribution >= 4 is 17.3 Å². The lowest BCUT2D eigenvalue weighted by Crippen LogP contribution is -2.32. The number of carboxylic acid groups (broad SMARTS) is 1. The molecule has 1 unspecified atom stereocenters. The molecule has 0 aliphatic rings. The predicted molar refractivity (Wildman–Crippen MR) is 67.2 cm³/mol. The zero-order valence-electron chi connectivity index (χ0n) is 10.2. The summed E-state index contributed by atoms with van der Waals surface area (Å²) in [4.78, 5) is 12.2. The summed E-state index contributed by atoms with van der Waals surface area (Å²) in [5.74, 6) is -0.219. The lowest BCUT2D eigenvalue weighted by Gasteiger charge is -2.22. The summed E-state index contributed by atoms with van der Waals surface area (Å²) in [6.07, 6.45) is 0.520. The third-order valence-electron chi connectivity index (χ3n) is 3.07. The normalized spacial score (nSPS) is 14.3. The number of carbonyl (C=O) groups is 1. The monoisotopic (exact) mass is 266 g/mol. The molecule has 0 bridgehead atoms. The summed E-state index contributed by atoms with van der Waals surface area (Å²) in [7, 11) is 0. The summed E-state index contributed by atoms with van der Waals surface area (Å²) >= 11 is 1.53. The van der Waals surface area contributed by atoms with E-state index in [-0.39, 0.29) is 6.54 Å². The predicted octanol–water partition coefficient (Wildman–Crippen LogP) is 1.90. The van der Waals surface area contributed by atoms with Crippen LogP contribution in [0.25, 0.3) is 10.7 Å². The van der Waals surface area contributed by atoms with E-state index < -0.39 is 11.4 Å². The van der Waals surface area contributed by atoms with Crippen LogP contribution in [-0.4, -0.2) is 31.3 Å². The molecular weight excluding hydrogens is 252 g/mol. The molecule has 1 N–H and O–H groups in total. The Kier molecular flexibility index (Phi) is 3.42. The van der Waals surface area contributed by atoms with Gasteiger partial charge in [0.25, 0.3) is 0 Å². The Hall–Kier alpha value is -1.76. The van der Waals surface area contributed by atoms with Crippen molar-refractivity contribution in [2.75, 3.05) is 0 Å². The molecular formula is C11H14N4O2S. The van der Waals surface area contributed by atoms with Crippen LogP contribution in [0.15, 0.2) is 17.5 Å². The number of aliphatic carboxylic acids is 1. The van der Waals surface area contributed by atoms with Gasteiger partial charge in [0.05, 0.1) is 16.8 Å². The average Bonchev–Trinajstić information content (AvgIpc) is 2.98. The van der Waals surface area contributed by atoms with Crippen LogP contribution in [0, 0.1) is 5.41 Å². The van der Waals surface area contributed by atoms with Gasteiger partial charge in [0.15, 0.2) is 5.82 Å². The number of hydrogen-bond donors (Lipinski definition) is 1. The first kappa shape index (κ1) is 12.7. The largest absolute Gasteiger partial charge is 0.481 e. The second-order valence-corrected chi connectivity index (χ2v) is 5.30. The third-order valence-corrected chi connectivity index (χ3v) is 3.93. The van der Waals surface area contributed by atoms with Gasteiger partial charge >= 0.3 is 5.97 Å². The molecule has 7 heteroatoms. The number of tetrazole rings is 1. The van der Waals surface area contributed by atoms with E-state index in [9.17, 15) is 9.90 Å². The molecule has 0 saturated carbocycles. The maximum atomic E-state index is 11.3. The Labute approximate surface area is 108 Å². The zero-order chi connectivity index (χ0) is 13.2. The van der Waals surface area contributed by atoms with Gasteiger partial charge in [-0.1, -0.05) is 13.0 Å². The fraction of sp³-hybridized carbons (Fsp3) is 0.455. The molecule has 0 radical (unpaired) electrons. The molecule has 6 nitrogen and oxygen atoms in total. The van der Waals surface area contributed by atoms with Crippen molar-refractivity contribution in [3.05, 3.63) is 17.5 Å². The molecule has 0 aliphatic heterocycles. The molecule has 0 aromatic carbocycles. The van der Waals surface area contributed by atoms with E-state index in [1.54, 1.807) is 11.6 Å². The number of aromatic nitrogens is 4. The van der Waals surface area contributed by atoms with Gasteiger partial charge in [0, 0.05) is 0 Å². The standard InChI is InChI=1S/C11H14N4O2S/c1-3-11(2,10(16)17)7-15-9(12-13-14-15)8-5-4-6-18-8/h4-6H,3,7H2,1-2H3,(H,16,17). The van der Waals surface area contributed by atoms with Gasteiger partial charge in [-0.2, -0.15) is 0 Å². The van der Waals surface area contributed by atoms with Gasteiger partial charge in [0.1, 0.15) is 0 Å². The van der Waals surface area contributed by atoms with Crippen molar-refractivity contribution in [1.29, 1.82) is 0 Å². The molecule has 2 heterocycles. The summed E-state index contributed by atoms with van der Waals surface area (Å²) in [5, 5.41) is 22.7. The molecule has 18 heavy (non-hydrogen) atoms. The van der Waals surface area contributed by atoms with E-state index in [1.165, 1.54) is 11.3 Å². The van der Waals surface area contributed by atoms with Gasteiger partial charge in [-0.15, -0.1) is 16.4 Å². The van der Waals surface area contributed by atoms with E-state index in [4.69, 9.17) is 0 Å². The Morgan fingerprint density at radius 3 is 2.94 bits per heavy atom. The maximum Gasteiger partial charge on any atom is 0.311 e. The first-order valence-corrected chi connectivity index (χ1v) is 6.48. The molecule has 0 amide bonds. The molecule has 2 aromatic rings. The van der Waals surface area contributed by atoms with Crippen LogP contribution in [0.5, 0.6) is 0 Å².